The number of ether oxygens (including phenoxy) is 2. The Morgan fingerprint density at radius 1 is 1.53 bits per heavy atom. The van der Waals surface area contributed by atoms with Crippen LogP contribution in [0.1, 0.15) is 27.0 Å². The van der Waals surface area contributed by atoms with E-state index in [2.05, 4.69) is 14.8 Å². The Labute approximate surface area is 109 Å². The molecule has 0 atom stereocenters. The van der Waals surface area contributed by atoms with E-state index in [0.29, 0.717) is 28.7 Å². The zero-order valence-corrected chi connectivity index (χ0v) is 10.6. The maximum Gasteiger partial charge on any atom is 0.338 e. The molecule has 0 saturated carbocycles. The fourth-order valence-corrected chi connectivity index (χ4v) is 1.78. The van der Waals surface area contributed by atoms with E-state index in [9.17, 15) is 9.59 Å². The number of nitrogens with zero attached hydrogens (tertiary/aromatic N) is 3. The molecule has 0 aliphatic rings. The lowest BCUT2D eigenvalue weighted by molar-refractivity contribution is -0.129. The van der Waals surface area contributed by atoms with E-state index in [1.54, 1.807) is 19.1 Å². The number of benzene rings is 1. The number of carbonyl (C=O) groups is 2. The minimum absolute atomic E-state index is 0.0245. The van der Waals surface area contributed by atoms with Crippen molar-refractivity contribution >= 4 is 12.4 Å². The Balaban J connectivity index is 3.24. The standard InChI is InChI=1S/C12H13N3O4/c1-8-3-9(6-19-7-16)4-10(5-14-15-13)11(8)12(17)18-2/h3-4,7H,5-6H2,1-2H3. The summed E-state index contributed by atoms with van der Waals surface area (Å²) in [7, 11) is 1.28. The summed E-state index contributed by atoms with van der Waals surface area (Å²) in [6, 6.07) is 3.37. The monoisotopic (exact) mass is 263 g/mol. The van der Waals surface area contributed by atoms with Crippen LogP contribution >= 0.6 is 0 Å². The van der Waals surface area contributed by atoms with Crippen molar-refractivity contribution in [3.8, 4) is 0 Å². The molecule has 0 aliphatic heterocycles. The third-order valence-electron chi connectivity index (χ3n) is 2.49. The summed E-state index contributed by atoms with van der Waals surface area (Å²) < 4.78 is 9.36. The maximum absolute atomic E-state index is 11.7. The van der Waals surface area contributed by atoms with E-state index in [-0.39, 0.29) is 13.2 Å². The van der Waals surface area contributed by atoms with E-state index >= 15 is 0 Å². The van der Waals surface area contributed by atoms with E-state index in [0.717, 1.165) is 0 Å². The minimum atomic E-state index is -0.497. The SMILES string of the molecule is COC(=O)c1c(C)cc(COC=O)cc1CN=[N+]=[N-]. The van der Waals surface area contributed by atoms with Gasteiger partial charge < -0.3 is 9.47 Å². The molecule has 0 aromatic heterocycles. The fraction of sp³-hybridized carbons (Fsp3) is 0.333. The molecule has 0 spiro atoms. The van der Waals surface area contributed by atoms with E-state index in [1.165, 1.54) is 7.11 Å². The second-order valence-corrected chi connectivity index (χ2v) is 3.73. The van der Waals surface area contributed by atoms with Crippen molar-refractivity contribution in [2.45, 2.75) is 20.1 Å². The van der Waals surface area contributed by atoms with Gasteiger partial charge in [0.1, 0.15) is 6.61 Å². The largest absolute Gasteiger partial charge is 0.465 e. The molecule has 0 bridgehead atoms. The van der Waals surface area contributed by atoms with Gasteiger partial charge in [0.05, 0.1) is 19.2 Å². The van der Waals surface area contributed by atoms with Crippen LogP contribution in [0.15, 0.2) is 17.2 Å². The summed E-state index contributed by atoms with van der Waals surface area (Å²) in [5, 5.41) is 3.44. The minimum Gasteiger partial charge on any atom is -0.465 e. The number of aryl methyl sites for hydroxylation is 1. The van der Waals surface area contributed by atoms with Gasteiger partial charge in [-0.2, -0.15) is 0 Å². The van der Waals surface area contributed by atoms with Gasteiger partial charge in [0.2, 0.25) is 0 Å². The number of hydrogen-bond acceptors (Lipinski definition) is 5. The second-order valence-electron chi connectivity index (χ2n) is 3.73. The molecule has 0 radical (unpaired) electrons. The summed E-state index contributed by atoms with van der Waals surface area (Å²) in [6.07, 6.45) is 0. The first kappa shape index (κ1) is 14.5. The summed E-state index contributed by atoms with van der Waals surface area (Å²) in [6.45, 7) is 2.19. The van der Waals surface area contributed by atoms with Gasteiger partial charge in [0, 0.05) is 4.91 Å². The molecule has 0 aliphatic carbocycles. The number of methoxy groups -OCH3 is 1. The molecule has 7 nitrogen and oxygen atoms in total. The van der Waals surface area contributed by atoms with Crippen molar-refractivity contribution in [1.29, 1.82) is 0 Å². The van der Waals surface area contributed by atoms with Crippen LogP contribution in [0.3, 0.4) is 0 Å². The average Bonchev–Trinajstić information content (AvgIpc) is 2.41. The van der Waals surface area contributed by atoms with Gasteiger partial charge >= 0.3 is 5.97 Å². The number of hydrogen-bond donors (Lipinski definition) is 0. The number of rotatable bonds is 6. The van der Waals surface area contributed by atoms with Gasteiger partial charge in [0.15, 0.2) is 0 Å². The Kier molecular flexibility index (Phi) is 5.37. The Bertz CT molecular complexity index is 536. The van der Waals surface area contributed by atoms with Crippen molar-refractivity contribution in [2.24, 2.45) is 5.11 Å². The number of carbonyl (C=O) groups excluding carboxylic acids is 2. The van der Waals surface area contributed by atoms with E-state index in [4.69, 9.17) is 10.3 Å². The molecule has 1 aromatic carbocycles. The highest BCUT2D eigenvalue weighted by Gasteiger charge is 2.15. The molecule has 0 N–H and O–H groups in total. The summed E-state index contributed by atoms with van der Waals surface area (Å²) in [5.74, 6) is -0.497. The maximum atomic E-state index is 11.7. The molecular weight excluding hydrogens is 250 g/mol. The van der Waals surface area contributed by atoms with Crippen molar-refractivity contribution in [3.05, 3.63) is 44.8 Å². The fourth-order valence-electron chi connectivity index (χ4n) is 1.78. The second kappa shape index (κ2) is 7.03. The van der Waals surface area contributed by atoms with Crippen LogP contribution in [-0.4, -0.2) is 19.6 Å². The van der Waals surface area contributed by atoms with Crippen LogP contribution in [0.25, 0.3) is 10.4 Å². The first-order chi connectivity index (χ1) is 9.13. The van der Waals surface area contributed by atoms with Crippen LogP contribution in [0.4, 0.5) is 0 Å². The lowest BCUT2D eigenvalue weighted by Gasteiger charge is -2.12. The smallest absolute Gasteiger partial charge is 0.338 e. The zero-order chi connectivity index (χ0) is 14.3. The third kappa shape index (κ3) is 3.72. The molecule has 100 valence electrons. The van der Waals surface area contributed by atoms with Crippen LogP contribution in [0, 0.1) is 6.92 Å². The van der Waals surface area contributed by atoms with Gasteiger partial charge in [-0.1, -0.05) is 17.2 Å². The lowest BCUT2D eigenvalue weighted by Crippen LogP contribution is -2.09. The summed E-state index contributed by atoms with van der Waals surface area (Å²) >= 11 is 0. The predicted molar refractivity (Wildman–Crippen MR) is 66.2 cm³/mol. The molecule has 7 heteroatoms. The van der Waals surface area contributed by atoms with Crippen molar-refractivity contribution in [2.75, 3.05) is 7.11 Å². The van der Waals surface area contributed by atoms with Crippen LogP contribution < -0.4 is 0 Å². The van der Waals surface area contributed by atoms with Crippen molar-refractivity contribution < 1.29 is 19.1 Å². The first-order valence-corrected chi connectivity index (χ1v) is 5.40. The highest BCUT2D eigenvalue weighted by atomic mass is 16.5. The first-order valence-electron chi connectivity index (χ1n) is 5.40. The van der Waals surface area contributed by atoms with Crippen LogP contribution in [-0.2, 0) is 27.4 Å². The van der Waals surface area contributed by atoms with Gasteiger partial charge in [-0.15, -0.1) is 0 Å². The highest BCUT2D eigenvalue weighted by molar-refractivity contribution is 5.92. The molecule has 0 unspecified atom stereocenters. The van der Waals surface area contributed by atoms with E-state index < -0.39 is 5.97 Å². The van der Waals surface area contributed by atoms with Gasteiger partial charge in [-0.05, 0) is 29.1 Å². The topological polar surface area (TPSA) is 101 Å². The van der Waals surface area contributed by atoms with Crippen molar-refractivity contribution in [1.82, 2.24) is 0 Å². The van der Waals surface area contributed by atoms with Crippen LogP contribution in [0.2, 0.25) is 0 Å². The molecular formula is C12H13N3O4. The normalized spacial score (nSPS) is 9.37. The van der Waals surface area contributed by atoms with Gasteiger partial charge in [0.25, 0.3) is 6.47 Å². The molecule has 0 heterocycles. The van der Waals surface area contributed by atoms with Crippen molar-refractivity contribution in [3.63, 3.8) is 0 Å². The highest BCUT2D eigenvalue weighted by Crippen LogP contribution is 2.20. The van der Waals surface area contributed by atoms with Gasteiger partial charge in [-0.3, -0.25) is 4.79 Å². The Hall–Kier alpha value is -2.53. The average molecular weight is 263 g/mol. The predicted octanol–water partition coefficient (Wildman–Crippen LogP) is 2.26. The quantitative estimate of drug-likeness (QED) is 0.258. The van der Waals surface area contributed by atoms with Crippen LogP contribution in [0.5, 0.6) is 0 Å². The number of esters is 1. The van der Waals surface area contributed by atoms with E-state index in [1.807, 2.05) is 0 Å². The molecule has 1 rings (SSSR count). The lowest BCUT2D eigenvalue weighted by atomic mass is 9.98. The van der Waals surface area contributed by atoms with Gasteiger partial charge in [-0.25, -0.2) is 4.79 Å². The number of azide groups is 1. The summed E-state index contributed by atoms with van der Waals surface area (Å²) in [5.41, 5.74) is 10.6. The zero-order valence-electron chi connectivity index (χ0n) is 10.6. The Morgan fingerprint density at radius 2 is 2.26 bits per heavy atom. The molecule has 19 heavy (non-hydrogen) atoms. The Morgan fingerprint density at radius 3 is 2.84 bits per heavy atom. The molecule has 0 amide bonds. The third-order valence-corrected chi connectivity index (χ3v) is 2.49. The summed E-state index contributed by atoms with van der Waals surface area (Å²) in [4.78, 5) is 24.5. The molecule has 1 aromatic rings. The molecule has 0 saturated heterocycles. The molecule has 0 fully saturated rings.